The molecule has 0 radical (unpaired) electrons. The van der Waals surface area contributed by atoms with Crippen molar-refractivity contribution in [1.82, 2.24) is 9.55 Å². The van der Waals surface area contributed by atoms with E-state index in [2.05, 4.69) is 9.55 Å². The Hall–Kier alpha value is -2.10. The van der Waals surface area contributed by atoms with Crippen molar-refractivity contribution >= 4 is 5.97 Å². The Morgan fingerprint density at radius 2 is 2.16 bits per heavy atom. The zero-order valence-electron chi connectivity index (χ0n) is 10.9. The van der Waals surface area contributed by atoms with Crippen LogP contribution in [0.2, 0.25) is 0 Å². The molecular formula is C15H16N2O2. The molecule has 1 aliphatic heterocycles. The summed E-state index contributed by atoms with van der Waals surface area (Å²) in [5, 5.41) is 0. The van der Waals surface area contributed by atoms with Crippen molar-refractivity contribution in [1.29, 1.82) is 0 Å². The topological polar surface area (TPSA) is 44.1 Å². The lowest BCUT2D eigenvalue weighted by Crippen LogP contribution is -2.23. The summed E-state index contributed by atoms with van der Waals surface area (Å²) < 4.78 is 6.95. The Morgan fingerprint density at radius 1 is 1.37 bits per heavy atom. The zero-order chi connectivity index (χ0) is 13.2. The minimum absolute atomic E-state index is 0.189. The maximum Gasteiger partial charge on any atom is 0.316 e. The molecular weight excluding hydrogens is 240 g/mol. The normalized spacial score (nSPS) is 17.8. The van der Waals surface area contributed by atoms with Gasteiger partial charge in [0.15, 0.2) is 0 Å². The lowest BCUT2D eigenvalue weighted by Gasteiger charge is -2.20. The maximum atomic E-state index is 11.8. The second kappa shape index (κ2) is 4.88. The van der Waals surface area contributed by atoms with Crippen molar-refractivity contribution in [3.05, 3.63) is 42.4 Å². The highest BCUT2D eigenvalue weighted by atomic mass is 16.5. The Morgan fingerprint density at radius 3 is 2.89 bits per heavy atom. The summed E-state index contributed by atoms with van der Waals surface area (Å²) in [5.74, 6) is 0.416. The van der Waals surface area contributed by atoms with Gasteiger partial charge in [-0.25, -0.2) is 4.98 Å². The SMILES string of the molecule is COC(=O)C1CCCn2cc(-c3ccccc3)nc21. The number of ether oxygens (including phenoxy) is 1. The lowest BCUT2D eigenvalue weighted by molar-refractivity contribution is -0.143. The summed E-state index contributed by atoms with van der Waals surface area (Å²) in [7, 11) is 1.43. The van der Waals surface area contributed by atoms with Gasteiger partial charge in [0.2, 0.25) is 0 Å². The second-order valence-corrected chi connectivity index (χ2v) is 4.76. The van der Waals surface area contributed by atoms with Crippen molar-refractivity contribution in [2.24, 2.45) is 0 Å². The minimum atomic E-state index is -0.226. The third-order valence-corrected chi connectivity index (χ3v) is 3.57. The first kappa shape index (κ1) is 12.0. The van der Waals surface area contributed by atoms with E-state index in [1.54, 1.807) is 0 Å². The number of carbonyl (C=O) groups excluding carboxylic acids is 1. The third-order valence-electron chi connectivity index (χ3n) is 3.57. The van der Waals surface area contributed by atoms with Crippen LogP contribution in [0, 0.1) is 0 Å². The number of imidazole rings is 1. The summed E-state index contributed by atoms with van der Waals surface area (Å²) in [5.41, 5.74) is 2.00. The number of benzene rings is 1. The number of rotatable bonds is 2. The second-order valence-electron chi connectivity index (χ2n) is 4.76. The summed E-state index contributed by atoms with van der Waals surface area (Å²) in [6.45, 7) is 0.919. The van der Waals surface area contributed by atoms with Gasteiger partial charge in [-0.05, 0) is 12.8 Å². The van der Waals surface area contributed by atoms with Gasteiger partial charge in [-0.15, -0.1) is 0 Å². The Balaban J connectivity index is 2.00. The molecule has 1 unspecified atom stereocenters. The van der Waals surface area contributed by atoms with E-state index in [1.165, 1.54) is 7.11 Å². The maximum absolute atomic E-state index is 11.8. The van der Waals surface area contributed by atoms with Crippen molar-refractivity contribution in [2.75, 3.05) is 7.11 Å². The van der Waals surface area contributed by atoms with Gasteiger partial charge in [-0.2, -0.15) is 0 Å². The molecule has 1 atom stereocenters. The van der Waals surface area contributed by atoms with Gasteiger partial charge in [-0.1, -0.05) is 30.3 Å². The van der Waals surface area contributed by atoms with E-state index in [0.717, 1.165) is 36.5 Å². The number of carbonyl (C=O) groups is 1. The molecule has 0 N–H and O–H groups in total. The molecule has 0 amide bonds. The van der Waals surface area contributed by atoms with Gasteiger partial charge in [0.05, 0.1) is 12.8 Å². The molecule has 1 aliphatic rings. The highest BCUT2D eigenvalue weighted by Gasteiger charge is 2.29. The van der Waals surface area contributed by atoms with E-state index in [0.29, 0.717) is 0 Å². The molecule has 1 aromatic heterocycles. The average molecular weight is 256 g/mol. The van der Waals surface area contributed by atoms with Crippen molar-refractivity contribution in [3.63, 3.8) is 0 Å². The summed E-state index contributed by atoms with van der Waals surface area (Å²) >= 11 is 0. The van der Waals surface area contributed by atoms with Crippen LogP contribution >= 0.6 is 0 Å². The van der Waals surface area contributed by atoms with Crippen LogP contribution < -0.4 is 0 Å². The smallest absolute Gasteiger partial charge is 0.316 e. The molecule has 4 nitrogen and oxygen atoms in total. The number of nitrogens with zero attached hydrogens (tertiary/aromatic N) is 2. The van der Waals surface area contributed by atoms with Crippen LogP contribution in [-0.2, 0) is 16.1 Å². The van der Waals surface area contributed by atoms with Crippen LogP contribution in [0.3, 0.4) is 0 Å². The molecule has 4 heteroatoms. The van der Waals surface area contributed by atoms with Crippen LogP contribution in [0.4, 0.5) is 0 Å². The number of esters is 1. The fourth-order valence-electron chi connectivity index (χ4n) is 2.60. The molecule has 0 saturated carbocycles. The minimum Gasteiger partial charge on any atom is -0.468 e. The molecule has 98 valence electrons. The molecule has 3 rings (SSSR count). The van der Waals surface area contributed by atoms with Gasteiger partial charge in [0.1, 0.15) is 11.7 Å². The highest BCUT2D eigenvalue weighted by molar-refractivity contribution is 5.77. The number of aromatic nitrogens is 2. The standard InChI is InChI=1S/C15H16N2O2/c1-19-15(18)12-8-5-9-17-10-13(16-14(12)17)11-6-3-2-4-7-11/h2-4,6-7,10,12H,5,8-9H2,1H3. The summed E-state index contributed by atoms with van der Waals surface area (Å²) in [6, 6.07) is 10.0. The van der Waals surface area contributed by atoms with Crippen molar-refractivity contribution in [3.8, 4) is 11.3 Å². The van der Waals surface area contributed by atoms with Crippen LogP contribution in [-0.4, -0.2) is 22.6 Å². The summed E-state index contributed by atoms with van der Waals surface area (Å²) in [6.07, 6.45) is 3.83. The number of aryl methyl sites for hydroxylation is 1. The number of methoxy groups -OCH3 is 1. The van der Waals surface area contributed by atoms with E-state index in [-0.39, 0.29) is 11.9 Å². The molecule has 0 bridgehead atoms. The molecule has 19 heavy (non-hydrogen) atoms. The molecule has 2 aromatic rings. The van der Waals surface area contributed by atoms with E-state index in [9.17, 15) is 4.79 Å². The Bertz CT molecular complexity index is 589. The third kappa shape index (κ3) is 2.14. The van der Waals surface area contributed by atoms with E-state index < -0.39 is 0 Å². The van der Waals surface area contributed by atoms with Crippen molar-refractivity contribution in [2.45, 2.75) is 25.3 Å². The number of fused-ring (bicyclic) bond motifs is 1. The van der Waals surface area contributed by atoms with Crippen LogP contribution in [0.5, 0.6) is 0 Å². The van der Waals surface area contributed by atoms with Crippen LogP contribution in [0.15, 0.2) is 36.5 Å². The fourth-order valence-corrected chi connectivity index (χ4v) is 2.60. The first-order chi connectivity index (χ1) is 9.29. The predicted octanol–water partition coefficient (Wildman–Crippen LogP) is 2.60. The van der Waals surface area contributed by atoms with E-state index >= 15 is 0 Å². The van der Waals surface area contributed by atoms with Crippen LogP contribution in [0.1, 0.15) is 24.6 Å². The predicted molar refractivity (Wildman–Crippen MR) is 71.7 cm³/mol. The Kier molecular flexibility index (Phi) is 3.07. The van der Waals surface area contributed by atoms with Crippen LogP contribution in [0.25, 0.3) is 11.3 Å². The quantitative estimate of drug-likeness (QED) is 0.776. The van der Waals surface area contributed by atoms with E-state index in [1.807, 2.05) is 36.5 Å². The number of hydrogen-bond donors (Lipinski definition) is 0. The molecule has 0 fully saturated rings. The first-order valence-corrected chi connectivity index (χ1v) is 6.50. The Labute approximate surface area is 112 Å². The van der Waals surface area contributed by atoms with Crippen molar-refractivity contribution < 1.29 is 9.53 Å². The monoisotopic (exact) mass is 256 g/mol. The molecule has 0 saturated heterocycles. The summed E-state index contributed by atoms with van der Waals surface area (Å²) in [4.78, 5) is 16.4. The lowest BCUT2D eigenvalue weighted by atomic mass is 9.99. The molecule has 0 aliphatic carbocycles. The van der Waals surface area contributed by atoms with E-state index in [4.69, 9.17) is 4.74 Å². The fraction of sp³-hybridized carbons (Fsp3) is 0.333. The van der Waals surface area contributed by atoms with Gasteiger partial charge in [-0.3, -0.25) is 4.79 Å². The zero-order valence-corrected chi connectivity index (χ0v) is 10.9. The molecule has 1 aromatic carbocycles. The average Bonchev–Trinajstić information content (AvgIpc) is 2.91. The van der Waals surface area contributed by atoms with Gasteiger partial charge in [0.25, 0.3) is 0 Å². The first-order valence-electron chi connectivity index (χ1n) is 6.50. The number of hydrogen-bond acceptors (Lipinski definition) is 3. The van der Waals surface area contributed by atoms with Gasteiger partial charge in [0, 0.05) is 18.3 Å². The largest absolute Gasteiger partial charge is 0.468 e. The molecule has 2 heterocycles. The highest BCUT2D eigenvalue weighted by Crippen LogP contribution is 2.30. The van der Waals surface area contributed by atoms with Gasteiger partial charge >= 0.3 is 5.97 Å². The van der Waals surface area contributed by atoms with Gasteiger partial charge < -0.3 is 9.30 Å². The molecule has 0 spiro atoms.